The SMILES string of the molecule is CS/C(=C\C#N)C/C(=C1\C(=O)Nc2ccccc21)c1ccccc1. The van der Waals surface area contributed by atoms with E-state index in [1.807, 2.05) is 60.9 Å². The number of amides is 1. The molecule has 1 aliphatic rings. The van der Waals surface area contributed by atoms with Crippen molar-refractivity contribution in [2.75, 3.05) is 11.6 Å². The number of benzene rings is 2. The van der Waals surface area contributed by atoms with Crippen molar-refractivity contribution in [3.8, 4) is 6.07 Å². The molecule has 118 valence electrons. The fourth-order valence-electron chi connectivity index (χ4n) is 2.82. The first kappa shape index (κ1) is 16.1. The lowest BCUT2D eigenvalue weighted by Crippen LogP contribution is -2.06. The molecule has 2 aromatic carbocycles. The van der Waals surface area contributed by atoms with Gasteiger partial charge >= 0.3 is 0 Å². The van der Waals surface area contributed by atoms with Crippen LogP contribution in [0.4, 0.5) is 5.69 Å². The number of carbonyl (C=O) groups excluding carboxylic acids is 1. The Hall–Kier alpha value is -2.77. The molecular weight excluding hydrogens is 316 g/mol. The summed E-state index contributed by atoms with van der Waals surface area (Å²) >= 11 is 1.53. The Labute approximate surface area is 145 Å². The average molecular weight is 332 g/mol. The Bertz CT molecular complexity index is 876. The van der Waals surface area contributed by atoms with Gasteiger partial charge in [0.15, 0.2) is 0 Å². The molecule has 2 aromatic rings. The summed E-state index contributed by atoms with van der Waals surface area (Å²) in [5.74, 6) is -0.0903. The van der Waals surface area contributed by atoms with Crippen LogP contribution in [0.1, 0.15) is 17.5 Å². The second-order valence-corrected chi connectivity index (χ2v) is 6.27. The minimum Gasteiger partial charge on any atom is -0.321 e. The highest BCUT2D eigenvalue weighted by atomic mass is 32.2. The van der Waals surface area contributed by atoms with E-state index in [9.17, 15) is 4.79 Å². The highest BCUT2D eigenvalue weighted by molar-refractivity contribution is 8.02. The lowest BCUT2D eigenvalue weighted by atomic mass is 9.93. The Kier molecular flexibility index (Phi) is 4.83. The highest BCUT2D eigenvalue weighted by Crippen LogP contribution is 2.40. The number of nitriles is 1. The molecule has 3 rings (SSSR count). The largest absolute Gasteiger partial charge is 0.321 e. The van der Waals surface area contributed by atoms with Crippen LogP contribution in [0.2, 0.25) is 0 Å². The van der Waals surface area contributed by atoms with Gasteiger partial charge in [-0.15, -0.1) is 11.8 Å². The summed E-state index contributed by atoms with van der Waals surface area (Å²) in [6.45, 7) is 0. The molecule has 4 heteroatoms. The normalized spacial score (nSPS) is 15.5. The number of para-hydroxylation sites is 1. The number of fused-ring (bicyclic) bond motifs is 1. The van der Waals surface area contributed by atoms with Crippen molar-refractivity contribution in [2.24, 2.45) is 0 Å². The van der Waals surface area contributed by atoms with Gasteiger partial charge in [-0.25, -0.2) is 0 Å². The maximum Gasteiger partial charge on any atom is 0.256 e. The molecule has 1 aliphatic heterocycles. The van der Waals surface area contributed by atoms with Crippen LogP contribution in [-0.2, 0) is 4.79 Å². The summed E-state index contributed by atoms with van der Waals surface area (Å²) in [6.07, 6.45) is 4.04. The number of hydrogen-bond donors (Lipinski definition) is 1. The molecule has 0 spiro atoms. The third kappa shape index (κ3) is 3.12. The van der Waals surface area contributed by atoms with E-state index >= 15 is 0 Å². The van der Waals surface area contributed by atoms with Gasteiger partial charge < -0.3 is 5.32 Å². The van der Waals surface area contributed by atoms with Gasteiger partial charge in [-0.05, 0) is 28.4 Å². The van der Waals surface area contributed by atoms with Gasteiger partial charge in [-0.2, -0.15) is 5.26 Å². The zero-order chi connectivity index (χ0) is 16.9. The van der Waals surface area contributed by atoms with Crippen molar-refractivity contribution in [2.45, 2.75) is 6.42 Å². The van der Waals surface area contributed by atoms with Crippen molar-refractivity contribution in [1.82, 2.24) is 0 Å². The lowest BCUT2D eigenvalue weighted by molar-refractivity contribution is -0.110. The van der Waals surface area contributed by atoms with Gasteiger partial charge in [0.05, 0.1) is 11.6 Å². The number of nitrogens with one attached hydrogen (secondary N) is 1. The minimum absolute atomic E-state index is 0.0903. The molecule has 1 heterocycles. The van der Waals surface area contributed by atoms with E-state index in [0.29, 0.717) is 12.0 Å². The summed E-state index contributed by atoms with van der Waals surface area (Å²) in [5, 5.41) is 11.9. The van der Waals surface area contributed by atoms with Gasteiger partial charge in [0.2, 0.25) is 0 Å². The van der Waals surface area contributed by atoms with Crippen LogP contribution >= 0.6 is 11.8 Å². The second kappa shape index (κ2) is 7.20. The third-order valence-electron chi connectivity index (χ3n) is 3.93. The lowest BCUT2D eigenvalue weighted by Gasteiger charge is -2.13. The maximum atomic E-state index is 12.6. The van der Waals surface area contributed by atoms with Crippen LogP contribution in [0.25, 0.3) is 11.1 Å². The highest BCUT2D eigenvalue weighted by Gasteiger charge is 2.27. The van der Waals surface area contributed by atoms with Crippen molar-refractivity contribution >= 4 is 34.5 Å². The smallest absolute Gasteiger partial charge is 0.256 e. The molecule has 0 bridgehead atoms. The standard InChI is InChI=1S/C20H16N2OS/c1-24-15(11-12-21)13-17(14-7-3-2-4-8-14)19-16-9-5-6-10-18(16)22-20(19)23/h2-11H,13H2,1H3,(H,22,23)/b15-11-,19-17+. The van der Waals surface area contributed by atoms with Gasteiger partial charge in [0, 0.05) is 23.7 Å². The Morgan fingerprint density at radius 3 is 2.58 bits per heavy atom. The van der Waals surface area contributed by atoms with Gasteiger partial charge in [0.25, 0.3) is 5.91 Å². The van der Waals surface area contributed by atoms with Gasteiger partial charge in [-0.3, -0.25) is 4.79 Å². The summed E-state index contributed by atoms with van der Waals surface area (Å²) in [6, 6.07) is 19.7. The molecule has 0 saturated heterocycles. The first-order chi connectivity index (χ1) is 11.7. The second-order valence-electron chi connectivity index (χ2n) is 5.34. The van der Waals surface area contributed by atoms with Crippen molar-refractivity contribution in [1.29, 1.82) is 5.26 Å². The number of nitrogens with zero attached hydrogens (tertiary/aromatic N) is 1. The molecule has 24 heavy (non-hydrogen) atoms. The van der Waals surface area contributed by atoms with E-state index < -0.39 is 0 Å². The van der Waals surface area contributed by atoms with E-state index in [2.05, 4.69) is 11.4 Å². The topological polar surface area (TPSA) is 52.9 Å². The Morgan fingerprint density at radius 2 is 1.88 bits per heavy atom. The molecular formula is C20H16N2OS. The van der Waals surface area contributed by atoms with Crippen molar-refractivity contribution in [3.05, 3.63) is 76.7 Å². The predicted molar refractivity (Wildman–Crippen MR) is 100 cm³/mol. The molecule has 1 amide bonds. The van der Waals surface area contributed by atoms with Crippen LogP contribution in [-0.4, -0.2) is 12.2 Å². The minimum atomic E-state index is -0.0903. The number of allylic oxidation sites excluding steroid dienone is 3. The average Bonchev–Trinajstić information content (AvgIpc) is 2.95. The Balaban J connectivity index is 2.20. The summed E-state index contributed by atoms with van der Waals surface area (Å²) < 4.78 is 0. The number of anilines is 1. The first-order valence-electron chi connectivity index (χ1n) is 7.56. The molecule has 0 radical (unpaired) electrons. The van der Waals surface area contributed by atoms with Gasteiger partial charge in [-0.1, -0.05) is 48.5 Å². The molecule has 1 N–H and O–H groups in total. The molecule has 3 nitrogen and oxygen atoms in total. The fourth-order valence-corrected chi connectivity index (χ4v) is 3.28. The predicted octanol–water partition coefficient (Wildman–Crippen LogP) is 4.71. The molecule has 0 aliphatic carbocycles. The summed E-state index contributed by atoms with van der Waals surface area (Å²) in [5.41, 5.74) is 4.38. The van der Waals surface area contributed by atoms with Crippen LogP contribution < -0.4 is 5.32 Å². The van der Waals surface area contributed by atoms with E-state index in [1.165, 1.54) is 11.8 Å². The number of rotatable bonds is 4. The maximum absolute atomic E-state index is 12.6. The fraction of sp³-hybridized carbons (Fsp3) is 0.100. The number of hydrogen-bond acceptors (Lipinski definition) is 3. The van der Waals surface area contributed by atoms with Crippen LogP contribution in [0.3, 0.4) is 0 Å². The molecule has 0 atom stereocenters. The monoisotopic (exact) mass is 332 g/mol. The van der Waals surface area contributed by atoms with Crippen LogP contribution in [0.15, 0.2) is 65.6 Å². The molecule has 0 aromatic heterocycles. The Morgan fingerprint density at radius 1 is 1.17 bits per heavy atom. The van der Waals surface area contributed by atoms with Crippen LogP contribution in [0, 0.1) is 11.3 Å². The summed E-state index contributed by atoms with van der Waals surface area (Å²) in [4.78, 5) is 13.5. The van der Waals surface area contributed by atoms with E-state index in [-0.39, 0.29) is 5.91 Å². The van der Waals surface area contributed by atoms with Crippen LogP contribution in [0.5, 0.6) is 0 Å². The van der Waals surface area contributed by atoms with Crippen molar-refractivity contribution < 1.29 is 4.79 Å². The molecule has 0 unspecified atom stereocenters. The van der Waals surface area contributed by atoms with Gasteiger partial charge in [0.1, 0.15) is 0 Å². The number of carbonyl (C=O) groups is 1. The zero-order valence-electron chi connectivity index (χ0n) is 13.2. The first-order valence-corrected chi connectivity index (χ1v) is 8.79. The number of thioether (sulfide) groups is 1. The summed E-state index contributed by atoms with van der Waals surface area (Å²) in [7, 11) is 0. The zero-order valence-corrected chi connectivity index (χ0v) is 14.1. The van der Waals surface area contributed by atoms with Crippen molar-refractivity contribution in [3.63, 3.8) is 0 Å². The molecule has 0 saturated carbocycles. The molecule has 0 fully saturated rings. The quantitative estimate of drug-likeness (QED) is 0.651. The van der Waals surface area contributed by atoms with E-state index in [1.54, 1.807) is 6.08 Å². The van der Waals surface area contributed by atoms with E-state index in [0.717, 1.165) is 27.3 Å². The third-order valence-corrected chi connectivity index (χ3v) is 4.72. The van der Waals surface area contributed by atoms with E-state index in [4.69, 9.17) is 5.26 Å².